The van der Waals surface area contributed by atoms with E-state index in [1.807, 2.05) is 30.3 Å². The third kappa shape index (κ3) is 6.43. The molecule has 1 unspecified atom stereocenters. The van der Waals surface area contributed by atoms with Crippen LogP contribution >= 0.6 is 0 Å². The summed E-state index contributed by atoms with van der Waals surface area (Å²) in [6, 6.07) is 18.8. The molecule has 1 aliphatic carbocycles. The largest absolute Gasteiger partial charge is 0.505 e. The van der Waals surface area contributed by atoms with Gasteiger partial charge in [-0.15, -0.1) is 10.2 Å². The van der Waals surface area contributed by atoms with Crippen molar-refractivity contribution >= 4 is 29.0 Å². The molecule has 3 aromatic carbocycles. The van der Waals surface area contributed by atoms with E-state index >= 15 is 0 Å². The Kier molecular flexibility index (Phi) is 8.15. The summed E-state index contributed by atoms with van der Waals surface area (Å²) in [5.41, 5.74) is 0.321. The van der Waals surface area contributed by atoms with Crippen LogP contribution in [0.5, 0.6) is 11.5 Å². The van der Waals surface area contributed by atoms with Gasteiger partial charge in [-0.05, 0) is 35.9 Å². The Morgan fingerprint density at radius 1 is 0.842 bits per heavy atom. The van der Waals surface area contributed by atoms with Crippen LogP contribution in [0, 0.1) is 5.92 Å². The van der Waals surface area contributed by atoms with Crippen molar-refractivity contribution in [2.24, 2.45) is 26.4 Å². The molecule has 0 amide bonds. The van der Waals surface area contributed by atoms with Gasteiger partial charge in [0.15, 0.2) is 11.4 Å². The number of azo groups is 2. The highest BCUT2D eigenvalue weighted by atomic mass is 16.5. The van der Waals surface area contributed by atoms with Gasteiger partial charge >= 0.3 is 11.9 Å². The maximum Gasteiger partial charge on any atom is 0.338 e. The van der Waals surface area contributed by atoms with Crippen LogP contribution in [0.15, 0.2) is 123 Å². The van der Waals surface area contributed by atoms with Crippen molar-refractivity contribution in [2.75, 3.05) is 0 Å². The van der Waals surface area contributed by atoms with Gasteiger partial charge in [0.2, 0.25) is 0 Å². The number of aromatic carboxylic acids is 1. The van der Waals surface area contributed by atoms with E-state index in [-0.39, 0.29) is 18.0 Å². The molecule has 0 spiro atoms. The molecule has 0 heterocycles. The average molecular weight is 511 g/mol. The van der Waals surface area contributed by atoms with Crippen LogP contribution in [-0.2, 0) is 16.1 Å². The number of carbonyl (C=O) groups is 2. The molecular formula is C28H22N4O6. The number of ether oxygens (including phenoxy) is 1. The molecule has 3 aromatic rings. The van der Waals surface area contributed by atoms with Gasteiger partial charge in [-0.3, -0.25) is 4.79 Å². The fourth-order valence-electron chi connectivity index (χ4n) is 3.35. The van der Waals surface area contributed by atoms with Crippen molar-refractivity contribution in [1.82, 2.24) is 0 Å². The number of carboxylic acid groups (broad SMARTS) is 1. The van der Waals surface area contributed by atoms with E-state index in [1.54, 1.807) is 54.6 Å². The van der Waals surface area contributed by atoms with Crippen molar-refractivity contribution < 1.29 is 29.6 Å². The van der Waals surface area contributed by atoms with Crippen LogP contribution in [0.4, 0.5) is 17.1 Å². The van der Waals surface area contributed by atoms with Gasteiger partial charge in [-0.1, -0.05) is 66.8 Å². The lowest BCUT2D eigenvalue weighted by atomic mass is 10.1. The molecule has 0 aliphatic heterocycles. The van der Waals surface area contributed by atoms with Crippen LogP contribution in [0.2, 0.25) is 0 Å². The van der Waals surface area contributed by atoms with E-state index in [4.69, 9.17) is 4.74 Å². The topological polar surface area (TPSA) is 154 Å². The number of hydrogen-bond acceptors (Lipinski definition) is 9. The third-order valence-corrected chi connectivity index (χ3v) is 5.30. The summed E-state index contributed by atoms with van der Waals surface area (Å²) in [6.45, 7) is 0.139. The van der Waals surface area contributed by atoms with Crippen molar-refractivity contribution in [3.8, 4) is 11.5 Å². The maximum atomic E-state index is 12.5. The predicted octanol–water partition coefficient (Wildman–Crippen LogP) is 6.66. The summed E-state index contributed by atoms with van der Waals surface area (Å²) in [4.78, 5) is 24.2. The first-order valence-electron chi connectivity index (χ1n) is 11.4. The fraction of sp³-hybridized carbons (Fsp3) is 0.0714. The van der Waals surface area contributed by atoms with Gasteiger partial charge in [0.25, 0.3) is 0 Å². The number of rotatable bonds is 8. The second-order valence-corrected chi connectivity index (χ2v) is 7.98. The zero-order valence-electron chi connectivity index (χ0n) is 19.9. The lowest BCUT2D eigenvalue weighted by molar-refractivity contribution is -0.146. The summed E-state index contributed by atoms with van der Waals surface area (Å²) < 4.78 is 5.36. The summed E-state index contributed by atoms with van der Waals surface area (Å²) in [6.07, 6.45) is 7.85. The van der Waals surface area contributed by atoms with Gasteiger partial charge in [-0.2, -0.15) is 10.2 Å². The zero-order valence-corrected chi connectivity index (χ0v) is 19.9. The molecule has 0 bridgehead atoms. The van der Waals surface area contributed by atoms with Gasteiger partial charge in [0, 0.05) is 0 Å². The van der Waals surface area contributed by atoms with Crippen molar-refractivity contribution in [3.05, 3.63) is 114 Å². The van der Waals surface area contributed by atoms with Crippen LogP contribution in [0.1, 0.15) is 15.9 Å². The van der Waals surface area contributed by atoms with E-state index in [0.29, 0.717) is 5.69 Å². The first-order valence-corrected chi connectivity index (χ1v) is 11.4. The van der Waals surface area contributed by atoms with E-state index in [2.05, 4.69) is 20.5 Å². The summed E-state index contributed by atoms with van der Waals surface area (Å²) in [5, 5.41) is 46.2. The number of carbonyl (C=O) groups excluding carboxylic acids is 1. The SMILES string of the molecule is O=C(O)c1cc(O)c(N=Nc2ccccc2)c(O)c1/N=N\C1=CC=CC(C(=O)OCc2ccccc2)C=C1. The fourth-order valence-corrected chi connectivity index (χ4v) is 3.35. The first-order chi connectivity index (χ1) is 18.4. The Morgan fingerprint density at radius 3 is 2.24 bits per heavy atom. The molecule has 0 saturated carbocycles. The lowest BCUT2D eigenvalue weighted by Gasteiger charge is -2.08. The molecule has 190 valence electrons. The molecule has 10 heteroatoms. The number of esters is 1. The number of aromatic hydroxyl groups is 2. The van der Waals surface area contributed by atoms with Gasteiger partial charge in [-0.25, -0.2) is 4.79 Å². The normalized spacial score (nSPS) is 14.9. The zero-order chi connectivity index (χ0) is 26.9. The number of nitrogens with zero attached hydrogens (tertiary/aromatic N) is 4. The number of phenols is 2. The molecule has 0 radical (unpaired) electrons. The lowest BCUT2D eigenvalue weighted by Crippen LogP contribution is -2.13. The smallest absolute Gasteiger partial charge is 0.338 e. The van der Waals surface area contributed by atoms with E-state index in [9.17, 15) is 24.9 Å². The Bertz CT molecular complexity index is 1480. The van der Waals surface area contributed by atoms with Gasteiger partial charge in [0.1, 0.15) is 18.0 Å². The maximum absolute atomic E-state index is 12.5. The highest BCUT2D eigenvalue weighted by Crippen LogP contribution is 2.46. The number of hydrogen-bond donors (Lipinski definition) is 3. The van der Waals surface area contributed by atoms with Crippen molar-refractivity contribution in [2.45, 2.75) is 6.61 Å². The second kappa shape index (κ2) is 12.0. The molecule has 0 saturated heterocycles. The Hall–Kier alpha value is -5.38. The second-order valence-electron chi connectivity index (χ2n) is 7.98. The number of benzene rings is 3. The van der Waals surface area contributed by atoms with E-state index < -0.39 is 40.6 Å². The van der Waals surface area contributed by atoms with Gasteiger partial charge in [0.05, 0.1) is 22.9 Å². The van der Waals surface area contributed by atoms with Gasteiger partial charge < -0.3 is 20.1 Å². The average Bonchev–Trinajstić information content (AvgIpc) is 3.18. The summed E-state index contributed by atoms with van der Waals surface area (Å²) in [7, 11) is 0. The number of phenolic OH excluding ortho intramolecular Hbond substituents is 2. The third-order valence-electron chi connectivity index (χ3n) is 5.30. The van der Waals surface area contributed by atoms with Crippen LogP contribution in [0.3, 0.4) is 0 Å². The molecule has 1 atom stereocenters. The quantitative estimate of drug-likeness (QED) is 0.227. The number of allylic oxidation sites excluding steroid dienone is 3. The van der Waals surface area contributed by atoms with Crippen molar-refractivity contribution in [3.63, 3.8) is 0 Å². The minimum Gasteiger partial charge on any atom is -0.505 e. The number of carboxylic acids is 1. The minimum absolute atomic E-state index is 0.139. The Balaban J connectivity index is 1.53. The Labute approximate surface area is 217 Å². The van der Waals surface area contributed by atoms with Crippen LogP contribution < -0.4 is 0 Å². The van der Waals surface area contributed by atoms with E-state index in [0.717, 1.165) is 11.6 Å². The highest BCUT2D eigenvalue weighted by Gasteiger charge is 2.22. The highest BCUT2D eigenvalue weighted by molar-refractivity contribution is 5.97. The summed E-state index contributed by atoms with van der Waals surface area (Å²) in [5.74, 6) is -3.86. The molecule has 10 nitrogen and oxygen atoms in total. The predicted molar refractivity (Wildman–Crippen MR) is 138 cm³/mol. The standard InChI is InChI=1S/C28H22N4O6/c33-23-16-22(27(35)36)24(26(34)25(23)32-29-20-11-5-2-6-12-20)31-30-21-13-7-10-19(14-15-21)28(37)38-17-18-8-3-1-4-9-18/h1-16,19,33-34H,17H2,(H,35,36)/b31-30-,32-29?. The molecule has 38 heavy (non-hydrogen) atoms. The Morgan fingerprint density at radius 2 is 1.53 bits per heavy atom. The first kappa shape index (κ1) is 25.7. The minimum atomic E-state index is -1.44. The summed E-state index contributed by atoms with van der Waals surface area (Å²) >= 11 is 0. The van der Waals surface area contributed by atoms with Crippen LogP contribution in [-0.4, -0.2) is 27.3 Å². The van der Waals surface area contributed by atoms with Crippen molar-refractivity contribution in [1.29, 1.82) is 0 Å². The molecule has 1 aliphatic rings. The molecule has 0 fully saturated rings. The van der Waals surface area contributed by atoms with E-state index in [1.165, 1.54) is 6.08 Å². The van der Waals surface area contributed by atoms with Crippen LogP contribution in [0.25, 0.3) is 0 Å². The monoisotopic (exact) mass is 510 g/mol. The molecular weight excluding hydrogens is 488 g/mol. The molecule has 4 rings (SSSR count). The molecule has 0 aromatic heterocycles. The molecule has 3 N–H and O–H groups in total.